The molecule has 2 aromatic carbocycles. The molecular formula is C19H21F3N2O2. The van der Waals surface area contributed by atoms with Crippen LogP contribution in [0.3, 0.4) is 0 Å². The van der Waals surface area contributed by atoms with Gasteiger partial charge in [-0.05, 0) is 31.2 Å². The number of benzene rings is 2. The number of alkyl halides is 3. The number of carbonyl (C=O) groups excluding carboxylic acids is 1. The molecule has 0 aliphatic heterocycles. The maximum Gasteiger partial charge on any atom is 0.573 e. The van der Waals surface area contributed by atoms with Gasteiger partial charge < -0.3 is 10.1 Å². The Kier molecular flexibility index (Phi) is 6.63. The van der Waals surface area contributed by atoms with Crippen LogP contribution in [0.5, 0.6) is 5.75 Å². The molecule has 4 nitrogen and oxygen atoms in total. The van der Waals surface area contributed by atoms with Crippen molar-refractivity contribution < 1.29 is 22.7 Å². The second-order valence-electron chi connectivity index (χ2n) is 6.03. The zero-order valence-electron chi connectivity index (χ0n) is 14.6. The molecule has 0 spiro atoms. The Morgan fingerprint density at radius 3 is 2.35 bits per heavy atom. The van der Waals surface area contributed by atoms with E-state index < -0.39 is 6.36 Å². The summed E-state index contributed by atoms with van der Waals surface area (Å²) in [6.07, 6.45) is -4.77. The number of ether oxygens (including phenoxy) is 1. The number of halogens is 3. The Morgan fingerprint density at radius 1 is 1.08 bits per heavy atom. The van der Waals surface area contributed by atoms with Gasteiger partial charge in [0.25, 0.3) is 0 Å². The van der Waals surface area contributed by atoms with Crippen LogP contribution in [-0.4, -0.2) is 30.8 Å². The van der Waals surface area contributed by atoms with Crippen molar-refractivity contribution >= 4 is 5.91 Å². The van der Waals surface area contributed by atoms with Gasteiger partial charge in [-0.3, -0.25) is 9.69 Å². The minimum Gasteiger partial charge on any atom is -0.405 e. The lowest BCUT2D eigenvalue weighted by atomic mass is 10.1. The summed E-state index contributed by atoms with van der Waals surface area (Å²) in [4.78, 5) is 13.9. The van der Waals surface area contributed by atoms with E-state index in [1.54, 1.807) is 6.07 Å². The lowest BCUT2D eigenvalue weighted by Gasteiger charge is -2.18. The Hall–Kier alpha value is -2.54. The number of para-hydroxylation sites is 1. The summed E-state index contributed by atoms with van der Waals surface area (Å²) < 4.78 is 41.2. The molecule has 140 valence electrons. The minimum atomic E-state index is -4.77. The number of nitrogens with one attached hydrogen (secondary N) is 1. The highest BCUT2D eigenvalue weighted by Crippen LogP contribution is 2.26. The lowest BCUT2D eigenvalue weighted by Crippen LogP contribution is -2.34. The fourth-order valence-electron chi connectivity index (χ4n) is 2.50. The molecule has 1 N–H and O–H groups in total. The Bertz CT molecular complexity index is 748. The van der Waals surface area contributed by atoms with E-state index in [1.165, 1.54) is 18.2 Å². The molecule has 0 bridgehead atoms. The van der Waals surface area contributed by atoms with Crippen molar-refractivity contribution in [2.24, 2.45) is 0 Å². The van der Waals surface area contributed by atoms with Crippen LogP contribution in [0.2, 0.25) is 0 Å². The van der Waals surface area contributed by atoms with Crippen molar-refractivity contribution in [3.8, 4) is 5.75 Å². The average Bonchev–Trinajstić information content (AvgIpc) is 2.55. The summed E-state index contributed by atoms with van der Waals surface area (Å²) in [5.74, 6) is -0.587. The number of nitrogens with zero attached hydrogens (tertiary/aromatic N) is 1. The number of hydrogen-bond acceptors (Lipinski definition) is 3. The van der Waals surface area contributed by atoms with E-state index in [4.69, 9.17) is 0 Å². The Morgan fingerprint density at radius 2 is 1.69 bits per heavy atom. The van der Waals surface area contributed by atoms with Crippen LogP contribution in [0.1, 0.15) is 16.7 Å². The van der Waals surface area contributed by atoms with Gasteiger partial charge in [0.1, 0.15) is 5.75 Å². The molecular weight excluding hydrogens is 345 g/mol. The molecule has 0 radical (unpaired) electrons. The lowest BCUT2D eigenvalue weighted by molar-refractivity contribution is -0.274. The average molecular weight is 366 g/mol. The van der Waals surface area contributed by atoms with Crippen LogP contribution in [0.15, 0.2) is 48.5 Å². The highest BCUT2D eigenvalue weighted by Gasteiger charge is 2.31. The molecule has 0 fully saturated rings. The molecule has 1 amide bonds. The van der Waals surface area contributed by atoms with Crippen LogP contribution in [0.4, 0.5) is 13.2 Å². The van der Waals surface area contributed by atoms with Gasteiger partial charge >= 0.3 is 6.36 Å². The predicted molar refractivity (Wildman–Crippen MR) is 92.5 cm³/mol. The van der Waals surface area contributed by atoms with Crippen LogP contribution in [0.25, 0.3) is 0 Å². The van der Waals surface area contributed by atoms with E-state index >= 15 is 0 Å². The molecule has 2 rings (SSSR count). The van der Waals surface area contributed by atoms with Crippen molar-refractivity contribution in [2.45, 2.75) is 26.4 Å². The summed E-state index contributed by atoms with van der Waals surface area (Å²) >= 11 is 0. The highest BCUT2D eigenvalue weighted by atomic mass is 19.4. The summed E-state index contributed by atoms with van der Waals surface area (Å²) in [6.45, 7) is 2.70. The standard InChI is InChI=1S/C19H21F3N2O2/c1-14-7-3-4-9-16(14)12-24(2)13-18(25)23-11-15-8-5-6-10-17(15)26-19(20,21)22/h3-10H,11-13H2,1-2H3,(H,23,25). The van der Waals surface area contributed by atoms with Crippen molar-refractivity contribution in [1.29, 1.82) is 0 Å². The van der Waals surface area contributed by atoms with Gasteiger partial charge in [0.2, 0.25) is 5.91 Å². The first-order valence-electron chi connectivity index (χ1n) is 8.08. The number of aryl methyl sites for hydroxylation is 1. The quantitative estimate of drug-likeness (QED) is 0.813. The first-order valence-corrected chi connectivity index (χ1v) is 8.08. The van der Waals surface area contributed by atoms with Crippen LogP contribution >= 0.6 is 0 Å². The molecule has 26 heavy (non-hydrogen) atoms. The van der Waals surface area contributed by atoms with Crippen molar-refractivity contribution in [3.63, 3.8) is 0 Å². The Balaban J connectivity index is 1.88. The molecule has 0 aromatic heterocycles. The van der Waals surface area contributed by atoms with E-state index in [9.17, 15) is 18.0 Å². The van der Waals surface area contributed by atoms with E-state index in [0.717, 1.165) is 11.1 Å². The van der Waals surface area contributed by atoms with Crippen molar-refractivity contribution in [2.75, 3.05) is 13.6 Å². The highest BCUT2D eigenvalue weighted by molar-refractivity contribution is 5.78. The molecule has 0 saturated carbocycles. The fraction of sp³-hybridized carbons (Fsp3) is 0.316. The van der Waals surface area contributed by atoms with Gasteiger partial charge in [0, 0.05) is 18.7 Å². The van der Waals surface area contributed by atoms with Gasteiger partial charge in [0.05, 0.1) is 6.54 Å². The van der Waals surface area contributed by atoms with E-state index in [0.29, 0.717) is 6.54 Å². The van der Waals surface area contributed by atoms with Gasteiger partial charge in [0.15, 0.2) is 0 Å². The first kappa shape index (κ1) is 19.8. The second-order valence-corrected chi connectivity index (χ2v) is 6.03. The summed E-state index contributed by atoms with van der Waals surface area (Å²) in [5, 5.41) is 2.63. The Labute approximate surface area is 150 Å². The summed E-state index contributed by atoms with van der Waals surface area (Å²) in [7, 11) is 1.81. The molecule has 0 atom stereocenters. The van der Waals surface area contributed by atoms with Gasteiger partial charge in [-0.1, -0.05) is 42.5 Å². The van der Waals surface area contributed by atoms with Gasteiger partial charge in [-0.2, -0.15) is 0 Å². The molecule has 0 heterocycles. The molecule has 0 aliphatic rings. The first-order chi connectivity index (χ1) is 12.2. The predicted octanol–water partition coefficient (Wildman–Crippen LogP) is 3.64. The fourth-order valence-corrected chi connectivity index (χ4v) is 2.50. The van der Waals surface area contributed by atoms with Crippen molar-refractivity contribution in [3.05, 3.63) is 65.2 Å². The topological polar surface area (TPSA) is 41.6 Å². The number of amides is 1. The van der Waals surface area contributed by atoms with E-state index in [1.807, 2.05) is 43.1 Å². The smallest absolute Gasteiger partial charge is 0.405 e. The number of likely N-dealkylation sites (N-methyl/N-ethyl adjacent to an activating group) is 1. The normalized spacial score (nSPS) is 11.5. The summed E-state index contributed by atoms with van der Waals surface area (Å²) in [5.41, 5.74) is 2.52. The third-order valence-electron chi connectivity index (χ3n) is 3.79. The minimum absolute atomic E-state index is 0.0384. The van der Waals surface area contributed by atoms with Crippen LogP contribution in [0, 0.1) is 6.92 Å². The van der Waals surface area contributed by atoms with Crippen molar-refractivity contribution in [1.82, 2.24) is 10.2 Å². The molecule has 0 saturated heterocycles. The largest absolute Gasteiger partial charge is 0.573 e. The van der Waals surface area contributed by atoms with E-state index in [2.05, 4.69) is 10.1 Å². The second kappa shape index (κ2) is 8.71. The number of hydrogen-bond donors (Lipinski definition) is 1. The number of carbonyl (C=O) groups is 1. The SMILES string of the molecule is Cc1ccccc1CN(C)CC(=O)NCc1ccccc1OC(F)(F)F. The van der Waals surface area contributed by atoms with E-state index in [-0.39, 0.29) is 30.3 Å². The van der Waals surface area contributed by atoms with Gasteiger partial charge in [-0.15, -0.1) is 13.2 Å². The molecule has 0 unspecified atom stereocenters. The van der Waals surface area contributed by atoms with Crippen LogP contribution in [-0.2, 0) is 17.9 Å². The molecule has 7 heteroatoms. The zero-order chi connectivity index (χ0) is 19.2. The maximum absolute atomic E-state index is 12.4. The zero-order valence-corrected chi connectivity index (χ0v) is 14.6. The van der Waals surface area contributed by atoms with Gasteiger partial charge in [-0.25, -0.2) is 0 Å². The maximum atomic E-state index is 12.4. The summed E-state index contributed by atoms with van der Waals surface area (Å²) in [6, 6.07) is 13.6. The monoisotopic (exact) mass is 366 g/mol. The third-order valence-corrected chi connectivity index (χ3v) is 3.79. The van der Waals surface area contributed by atoms with Crippen LogP contribution < -0.4 is 10.1 Å². The number of rotatable bonds is 7. The molecule has 2 aromatic rings. The molecule has 0 aliphatic carbocycles. The third kappa shape index (κ3) is 6.40.